The zero-order chi connectivity index (χ0) is 18.5. The maximum atomic E-state index is 14.0. The minimum absolute atomic E-state index is 0.115. The largest absolute Gasteiger partial charge is 0.338 e. The lowest BCUT2D eigenvalue weighted by Crippen LogP contribution is -2.52. The number of aromatic nitrogens is 2. The van der Waals surface area contributed by atoms with Crippen molar-refractivity contribution in [3.05, 3.63) is 48.5 Å². The minimum atomic E-state index is -0.526. The molecule has 3 rings (SSSR count). The molecule has 7 nitrogen and oxygen atoms in total. The summed E-state index contributed by atoms with van der Waals surface area (Å²) < 4.78 is 14.0. The molecule has 2 aromatic rings. The molecular weight excluding hydrogens is 337 g/mol. The summed E-state index contributed by atoms with van der Waals surface area (Å²) in [6.07, 6.45) is 3.36. The highest BCUT2D eigenvalue weighted by Gasteiger charge is 2.26. The fourth-order valence-electron chi connectivity index (χ4n) is 2.88. The van der Waals surface area contributed by atoms with Crippen molar-refractivity contribution in [3.8, 4) is 0 Å². The lowest BCUT2D eigenvalue weighted by atomic mass is 10.2. The van der Waals surface area contributed by atoms with Gasteiger partial charge in [0.1, 0.15) is 12.4 Å². The number of anilines is 2. The maximum absolute atomic E-state index is 14.0. The zero-order valence-electron chi connectivity index (χ0n) is 14.5. The Bertz CT molecular complexity index is 778. The van der Waals surface area contributed by atoms with E-state index in [-0.39, 0.29) is 24.0 Å². The van der Waals surface area contributed by atoms with Crippen molar-refractivity contribution < 1.29 is 14.0 Å². The van der Waals surface area contributed by atoms with Crippen LogP contribution in [0.15, 0.2) is 42.7 Å². The van der Waals surface area contributed by atoms with Gasteiger partial charge < -0.3 is 14.7 Å². The summed E-state index contributed by atoms with van der Waals surface area (Å²) in [6, 6.07) is 7.70. The SMILES string of the molecule is CC(=O)N(CC(=O)N1CCN(c2ncccn2)CC1)c1ccccc1F. The summed E-state index contributed by atoms with van der Waals surface area (Å²) in [5.41, 5.74) is 0.115. The molecule has 26 heavy (non-hydrogen) atoms. The van der Waals surface area contributed by atoms with E-state index in [2.05, 4.69) is 9.97 Å². The van der Waals surface area contributed by atoms with Crippen molar-refractivity contribution in [2.45, 2.75) is 6.92 Å². The number of amides is 2. The van der Waals surface area contributed by atoms with Gasteiger partial charge in [0.05, 0.1) is 5.69 Å². The number of hydrogen-bond donors (Lipinski definition) is 0. The second kappa shape index (κ2) is 7.90. The Labute approximate surface area is 151 Å². The lowest BCUT2D eigenvalue weighted by Gasteiger charge is -2.35. The number of piperazine rings is 1. The number of hydrogen-bond acceptors (Lipinski definition) is 5. The van der Waals surface area contributed by atoms with Gasteiger partial charge in [0.2, 0.25) is 17.8 Å². The zero-order valence-corrected chi connectivity index (χ0v) is 14.5. The molecule has 0 atom stereocenters. The van der Waals surface area contributed by atoms with Gasteiger partial charge in [-0.1, -0.05) is 12.1 Å². The quantitative estimate of drug-likeness (QED) is 0.825. The first-order chi connectivity index (χ1) is 12.6. The van der Waals surface area contributed by atoms with Crippen molar-refractivity contribution in [1.82, 2.24) is 14.9 Å². The summed E-state index contributed by atoms with van der Waals surface area (Å²) in [7, 11) is 0. The monoisotopic (exact) mass is 357 g/mol. The highest BCUT2D eigenvalue weighted by atomic mass is 19.1. The average Bonchev–Trinajstić information content (AvgIpc) is 2.67. The Hall–Kier alpha value is -3.03. The van der Waals surface area contributed by atoms with Crippen LogP contribution in [0.25, 0.3) is 0 Å². The second-order valence-corrected chi connectivity index (χ2v) is 5.97. The van der Waals surface area contributed by atoms with E-state index in [1.807, 2.05) is 4.90 Å². The molecule has 0 bridgehead atoms. The van der Waals surface area contributed by atoms with Crippen molar-refractivity contribution in [1.29, 1.82) is 0 Å². The standard InChI is InChI=1S/C18H20FN5O2/c1-14(25)24(16-6-3-2-5-15(16)19)13-17(26)22-9-11-23(12-10-22)18-20-7-4-8-21-18/h2-8H,9-13H2,1H3. The van der Waals surface area contributed by atoms with E-state index in [0.29, 0.717) is 32.1 Å². The Morgan fingerprint density at radius 2 is 1.73 bits per heavy atom. The molecule has 136 valence electrons. The van der Waals surface area contributed by atoms with Crippen molar-refractivity contribution in [2.75, 3.05) is 42.5 Å². The Morgan fingerprint density at radius 3 is 2.35 bits per heavy atom. The summed E-state index contributed by atoms with van der Waals surface area (Å²) in [5, 5.41) is 0. The molecule has 1 aromatic heterocycles. The van der Waals surface area contributed by atoms with Crippen molar-refractivity contribution in [2.24, 2.45) is 0 Å². The topological polar surface area (TPSA) is 69.6 Å². The van der Waals surface area contributed by atoms with Crippen LogP contribution in [0.3, 0.4) is 0 Å². The van der Waals surface area contributed by atoms with Crippen LogP contribution < -0.4 is 9.80 Å². The van der Waals surface area contributed by atoms with Crippen LogP contribution in [0.4, 0.5) is 16.0 Å². The molecule has 0 saturated carbocycles. The Balaban J connectivity index is 1.63. The third-order valence-electron chi connectivity index (χ3n) is 4.28. The molecule has 2 amide bonds. The predicted molar refractivity (Wildman–Crippen MR) is 95.3 cm³/mol. The van der Waals surface area contributed by atoms with E-state index in [1.54, 1.807) is 35.5 Å². The highest BCUT2D eigenvalue weighted by molar-refractivity contribution is 5.97. The van der Waals surface area contributed by atoms with E-state index < -0.39 is 5.82 Å². The lowest BCUT2D eigenvalue weighted by molar-refractivity contribution is -0.131. The Morgan fingerprint density at radius 1 is 1.08 bits per heavy atom. The smallest absolute Gasteiger partial charge is 0.242 e. The molecule has 0 aliphatic carbocycles. The number of halogens is 1. The molecule has 1 aromatic carbocycles. The number of nitrogens with zero attached hydrogens (tertiary/aromatic N) is 5. The maximum Gasteiger partial charge on any atom is 0.242 e. The third-order valence-corrected chi connectivity index (χ3v) is 4.28. The number of rotatable bonds is 4. The number of para-hydroxylation sites is 1. The minimum Gasteiger partial charge on any atom is -0.338 e. The van der Waals surface area contributed by atoms with Gasteiger partial charge in [0.15, 0.2) is 0 Å². The highest BCUT2D eigenvalue weighted by Crippen LogP contribution is 2.19. The van der Waals surface area contributed by atoms with Gasteiger partial charge in [-0.15, -0.1) is 0 Å². The average molecular weight is 357 g/mol. The first kappa shape index (κ1) is 17.8. The molecule has 0 radical (unpaired) electrons. The number of carbonyl (C=O) groups excluding carboxylic acids is 2. The van der Waals surface area contributed by atoms with Crippen LogP contribution in [0, 0.1) is 5.82 Å². The van der Waals surface area contributed by atoms with Gasteiger partial charge in [0, 0.05) is 45.5 Å². The summed E-state index contributed by atoms with van der Waals surface area (Å²) >= 11 is 0. The van der Waals surface area contributed by atoms with Gasteiger partial charge in [0.25, 0.3) is 0 Å². The molecule has 1 saturated heterocycles. The molecule has 2 heterocycles. The van der Waals surface area contributed by atoms with E-state index in [0.717, 1.165) is 0 Å². The molecule has 8 heteroatoms. The number of carbonyl (C=O) groups is 2. The normalized spacial score (nSPS) is 14.2. The Kier molecular flexibility index (Phi) is 5.40. The van der Waals surface area contributed by atoms with Gasteiger partial charge >= 0.3 is 0 Å². The molecule has 0 unspecified atom stereocenters. The van der Waals surface area contributed by atoms with Crippen LogP contribution in [-0.4, -0.2) is 59.4 Å². The molecule has 1 fully saturated rings. The first-order valence-electron chi connectivity index (χ1n) is 8.38. The van der Waals surface area contributed by atoms with Gasteiger partial charge in [-0.05, 0) is 18.2 Å². The van der Waals surface area contributed by atoms with E-state index in [9.17, 15) is 14.0 Å². The van der Waals surface area contributed by atoms with Crippen LogP contribution in [0.5, 0.6) is 0 Å². The molecular formula is C18H20FN5O2. The fraction of sp³-hybridized carbons (Fsp3) is 0.333. The van der Waals surface area contributed by atoms with Crippen molar-refractivity contribution in [3.63, 3.8) is 0 Å². The molecule has 1 aliphatic rings. The van der Waals surface area contributed by atoms with Gasteiger partial charge in [-0.3, -0.25) is 9.59 Å². The van der Waals surface area contributed by atoms with E-state index in [4.69, 9.17) is 0 Å². The summed E-state index contributed by atoms with van der Waals surface area (Å²) in [4.78, 5) is 37.8. The molecule has 1 aliphatic heterocycles. The second-order valence-electron chi connectivity index (χ2n) is 5.97. The molecule has 0 N–H and O–H groups in total. The van der Waals surface area contributed by atoms with Gasteiger partial charge in [-0.25, -0.2) is 14.4 Å². The van der Waals surface area contributed by atoms with E-state index >= 15 is 0 Å². The van der Waals surface area contributed by atoms with Crippen LogP contribution in [0.1, 0.15) is 6.92 Å². The van der Waals surface area contributed by atoms with Gasteiger partial charge in [-0.2, -0.15) is 0 Å². The van der Waals surface area contributed by atoms with Crippen LogP contribution >= 0.6 is 0 Å². The summed E-state index contributed by atoms with van der Waals surface area (Å²) in [6.45, 7) is 3.35. The van der Waals surface area contributed by atoms with Crippen LogP contribution in [0.2, 0.25) is 0 Å². The van der Waals surface area contributed by atoms with Crippen LogP contribution in [-0.2, 0) is 9.59 Å². The molecule has 0 spiro atoms. The third kappa shape index (κ3) is 3.96. The fourth-order valence-corrected chi connectivity index (χ4v) is 2.88. The van der Waals surface area contributed by atoms with E-state index in [1.165, 1.54) is 24.0 Å². The first-order valence-corrected chi connectivity index (χ1v) is 8.38. The number of benzene rings is 1. The predicted octanol–water partition coefficient (Wildman–Crippen LogP) is 1.32. The van der Waals surface area contributed by atoms with Crippen molar-refractivity contribution >= 4 is 23.5 Å². The summed E-state index contributed by atoms with van der Waals surface area (Å²) in [5.74, 6) is -0.477.